The summed E-state index contributed by atoms with van der Waals surface area (Å²) in [6.45, 7) is 0. The van der Waals surface area contributed by atoms with Gasteiger partial charge in [0, 0.05) is 35.3 Å². The lowest BCUT2D eigenvalue weighted by Crippen LogP contribution is -2.14. The number of halogens is 1. The van der Waals surface area contributed by atoms with Gasteiger partial charge < -0.3 is 4.74 Å². The third-order valence-corrected chi connectivity index (χ3v) is 6.46. The first-order chi connectivity index (χ1) is 16.4. The summed E-state index contributed by atoms with van der Waals surface area (Å²) in [4.78, 5) is 3.64. The number of pyridine rings is 1. The van der Waals surface area contributed by atoms with Crippen molar-refractivity contribution in [1.82, 2.24) is 24.8 Å². The molecule has 170 valence electrons. The van der Waals surface area contributed by atoms with E-state index in [9.17, 15) is 12.8 Å². The fraction of sp³-hybridized carbons (Fsp3) is 0.0435. The van der Waals surface area contributed by atoms with Gasteiger partial charge in [0.05, 0.1) is 12.8 Å². The van der Waals surface area contributed by atoms with Crippen molar-refractivity contribution in [3.05, 3.63) is 84.9 Å². The Morgan fingerprint density at radius 2 is 1.79 bits per heavy atom. The smallest absolute Gasteiger partial charge is 0.264 e. The number of nitrogens with zero attached hydrogens (tertiary/aromatic N) is 5. The summed E-state index contributed by atoms with van der Waals surface area (Å²) in [5.41, 5.74) is 3.00. The molecule has 0 unspecified atom stereocenters. The number of fused-ring (bicyclic) bond motifs is 1. The Morgan fingerprint density at radius 1 is 0.971 bits per heavy atom. The standard InChI is InChI=1S/C23H17FN6O3S/c1-33-18-8-10-21(19(24)13-18)34(31,32)29-17-6-4-15(5-7-17)20-9-11-22-26-27-23(30(22)28-20)16-3-2-12-25-14-16/h2-14,29H,1H3. The lowest BCUT2D eigenvalue weighted by molar-refractivity contribution is 0.410. The topological polar surface area (TPSA) is 111 Å². The number of benzene rings is 2. The van der Waals surface area contributed by atoms with Crippen LogP contribution in [0, 0.1) is 5.82 Å². The Kier molecular flexibility index (Phi) is 5.38. The summed E-state index contributed by atoms with van der Waals surface area (Å²) < 4.78 is 48.5. The van der Waals surface area contributed by atoms with E-state index in [-0.39, 0.29) is 11.4 Å². The van der Waals surface area contributed by atoms with E-state index in [1.54, 1.807) is 59.4 Å². The van der Waals surface area contributed by atoms with Gasteiger partial charge in [-0.15, -0.1) is 10.2 Å². The van der Waals surface area contributed by atoms with Crippen LogP contribution >= 0.6 is 0 Å². The highest BCUT2D eigenvalue weighted by molar-refractivity contribution is 7.92. The zero-order valence-corrected chi connectivity index (χ0v) is 18.6. The molecule has 11 heteroatoms. The van der Waals surface area contributed by atoms with Crippen molar-refractivity contribution in [3.63, 3.8) is 0 Å². The fourth-order valence-electron chi connectivity index (χ4n) is 3.36. The van der Waals surface area contributed by atoms with Crippen LogP contribution in [0.5, 0.6) is 5.75 Å². The predicted octanol–water partition coefficient (Wildman–Crippen LogP) is 3.80. The maximum Gasteiger partial charge on any atom is 0.264 e. The minimum Gasteiger partial charge on any atom is -0.497 e. The van der Waals surface area contributed by atoms with Crippen molar-refractivity contribution in [1.29, 1.82) is 0 Å². The summed E-state index contributed by atoms with van der Waals surface area (Å²) in [5.74, 6) is -0.125. The maximum absolute atomic E-state index is 14.3. The van der Waals surface area contributed by atoms with Crippen LogP contribution in [-0.2, 0) is 10.0 Å². The second kappa shape index (κ2) is 8.52. The molecule has 0 saturated heterocycles. The molecule has 9 nitrogen and oxygen atoms in total. The van der Waals surface area contributed by atoms with Crippen LogP contribution < -0.4 is 9.46 Å². The molecular formula is C23H17FN6O3S. The van der Waals surface area contributed by atoms with Crippen LogP contribution in [0.15, 0.2) is 84.0 Å². The van der Waals surface area contributed by atoms with Gasteiger partial charge in [0.25, 0.3) is 10.0 Å². The predicted molar refractivity (Wildman–Crippen MR) is 123 cm³/mol. The van der Waals surface area contributed by atoms with Gasteiger partial charge in [0.15, 0.2) is 11.5 Å². The van der Waals surface area contributed by atoms with Crippen LogP contribution in [0.2, 0.25) is 0 Å². The van der Waals surface area contributed by atoms with Crippen molar-refractivity contribution in [2.75, 3.05) is 11.8 Å². The Balaban J connectivity index is 1.42. The average Bonchev–Trinajstić information content (AvgIpc) is 3.28. The normalized spacial score (nSPS) is 11.5. The van der Waals surface area contributed by atoms with Crippen LogP contribution in [0.3, 0.4) is 0 Å². The Morgan fingerprint density at radius 3 is 2.50 bits per heavy atom. The molecule has 0 atom stereocenters. The molecular weight excluding hydrogens is 459 g/mol. The Labute approximate surface area is 193 Å². The number of nitrogens with one attached hydrogen (secondary N) is 1. The van der Waals surface area contributed by atoms with E-state index in [1.165, 1.54) is 13.2 Å². The molecule has 0 aliphatic carbocycles. The highest BCUT2D eigenvalue weighted by Gasteiger charge is 2.20. The summed E-state index contributed by atoms with van der Waals surface area (Å²) in [6, 6.07) is 17.4. The van der Waals surface area contributed by atoms with Gasteiger partial charge in [-0.3, -0.25) is 9.71 Å². The largest absolute Gasteiger partial charge is 0.497 e. The number of methoxy groups -OCH3 is 1. The number of anilines is 1. The zero-order valence-electron chi connectivity index (χ0n) is 17.8. The second-order valence-corrected chi connectivity index (χ2v) is 8.88. The summed E-state index contributed by atoms with van der Waals surface area (Å²) in [7, 11) is -2.75. The summed E-state index contributed by atoms with van der Waals surface area (Å²) >= 11 is 0. The molecule has 0 fully saturated rings. The zero-order chi connectivity index (χ0) is 23.7. The van der Waals surface area contributed by atoms with E-state index < -0.39 is 20.7 Å². The van der Waals surface area contributed by atoms with Crippen LogP contribution in [0.25, 0.3) is 28.3 Å². The SMILES string of the molecule is COc1ccc(S(=O)(=O)Nc2ccc(-c3ccc4nnc(-c5cccnc5)n4n3)cc2)c(F)c1. The number of hydrogen-bond acceptors (Lipinski definition) is 7. The first kappa shape index (κ1) is 21.5. The van der Waals surface area contributed by atoms with Crippen molar-refractivity contribution in [2.24, 2.45) is 0 Å². The molecule has 0 aliphatic heterocycles. The van der Waals surface area contributed by atoms with Crippen molar-refractivity contribution in [2.45, 2.75) is 4.90 Å². The molecule has 5 rings (SSSR count). The minimum absolute atomic E-state index is 0.227. The molecule has 5 aromatic rings. The molecule has 0 saturated carbocycles. The highest BCUT2D eigenvalue weighted by Crippen LogP contribution is 2.25. The molecule has 3 aromatic heterocycles. The first-order valence-corrected chi connectivity index (χ1v) is 11.5. The lowest BCUT2D eigenvalue weighted by atomic mass is 10.1. The van der Waals surface area contributed by atoms with Gasteiger partial charge in [-0.1, -0.05) is 12.1 Å². The number of ether oxygens (including phenoxy) is 1. The fourth-order valence-corrected chi connectivity index (χ4v) is 4.48. The third kappa shape index (κ3) is 4.04. The van der Waals surface area contributed by atoms with E-state index >= 15 is 0 Å². The number of aromatic nitrogens is 5. The monoisotopic (exact) mass is 476 g/mol. The summed E-state index contributed by atoms with van der Waals surface area (Å²) in [6.07, 6.45) is 3.35. The second-order valence-electron chi connectivity index (χ2n) is 7.23. The Bertz CT molecular complexity index is 1590. The lowest BCUT2D eigenvalue weighted by Gasteiger charge is -2.10. The van der Waals surface area contributed by atoms with E-state index in [2.05, 4.69) is 25.0 Å². The summed E-state index contributed by atoms with van der Waals surface area (Å²) in [5, 5.41) is 13.0. The van der Waals surface area contributed by atoms with Gasteiger partial charge in [-0.25, -0.2) is 12.8 Å². The minimum atomic E-state index is -4.13. The molecule has 1 N–H and O–H groups in total. The van der Waals surface area contributed by atoms with Gasteiger partial charge >= 0.3 is 0 Å². The van der Waals surface area contributed by atoms with Crippen molar-refractivity contribution in [3.8, 4) is 28.4 Å². The number of rotatable bonds is 6. The van der Waals surface area contributed by atoms with Gasteiger partial charge in [0.2, 0.25) is 0 Å². The highest BCUT2D eigenvalue weighted by atomic mass is 32.2. The molecule has 2 aromatic carbocycles. The number of hydrogen-bond donors (Lipinski definition) is 1. The van der Waals surface area contributed by atoms with Crippen molar-refractivity contribution >= 4 is 21.4 Å². The van der Waals surface area contributed by atoms with E-state index in [0.29, 0.717) is 17.2 Å². The average molecular weight is 476 g/mol. The molecule has 0 radical (unpaired) electrons. The maximum atomic E-state index is 14.3. The van der Waals surface area contributed by atoms with E-state index in [1.807, 2.05) is 6.07 Å². The van der Waals surface area contributed by atoms with E-state index in [0.717, 1.165) is 23.3 Å². The molecule has 0 amide bonds. The number of sulfonamides is 1. The molecule has 0 aliphatic rings. The molecule has 0 bridgehead atoms. The van der Waals surface area contributed by atoms with Crippen LogP contribution in [0.4, 0.5) is 10.1 Å². The molecule has 3 heterocycles. The first-order valence-electron chi connectivity index (χ1n) is 10.0. The molecule has 0 spiro atoms. The molecule has 34 heavy (non-hydrogen) atoms. The van der Waals surface area contributed by atoms with E-state index in [4.69, 9.17) is 4.74 Å². The third-order valence-electron chi connectivity index (χ3n) is 5.04. The van der Waals surface area contributed by atoms with Gasteiger partial charge in [0.1, 0.15) is 16.5 Å². The quantitative estimate of drug-likeness (QED) is 0.397. The Hall–Kier alpha value is -4.38. The van der Waals surface area contributed by atoms with Gasteiger partial charge in [-0.05, 0) is 48.5 Å². The van der Waals surface area contributed by atoms with Crippen molar-refractivity contribution < 1.29 is 17.5 Å². The van der Waals surface area contributed by atoms with Crippen LogP contribution in [0.1, 0.15) is 0 Å². The van der Waals surface area contributed by atoms with Gasteiger partial charge in [-0.2, -0.15) is 9.61 Å². The van der Waals surface area contributed by atoms with Crippen LogP contribution in [-0.4, -0.2) is 40.3 Å².